The first-order chi connectivity index (χ1) is 7.65. The fourth-order valence-electron chi connectivity index (χ4n) is 1.78. The molecule has 0 aromatic carbocycles. The molecular formula is C13H21FN2. The highest BCUT2D eigenvalue weighted by Crippen LogP contribution is 2.22. The molecule has 1 aromatic heterocycles. The Bertz CT molecular complexity index is 313. The number of nitrogens with one attached hydrogen (secondary N) is 1. The lowest BCUT2D eigenvalue weighted by Gasteiger charge is -2.21. The van der Waals surface area contributed by atoms with Gasteiger partial charge in [0.05, 0.1) is 6.20 Å². The van der Waals surface area contributed by atoms with Gasteiger partial charge in [-0.3, -0.25) is 4.98 Å². The van der Waals surface area contributed by atoms with Crippen LogP contribution in [-0.2, 0) is 0 Å². The normalized spacial score (nSPS) is 13.1. The first-order valence-electron chi connectivity index (χ1n) is 5.98. The molecule has 0 bridgehead atoms. The standard InChI is InChI=1S/C13H21FN2/c1-4-6-16-13(8-10(2)3)11-5-7-15-9-12(11)14/h5,7,9-10,13,16H,4,6,8H2,1-3H3. The fraction of sp³-hybridized carbons (Fsp3) is 0.615. The Morgan fingerprint density at radius 2 is 2.19 bits per heavy atom. The van der Waals surface area contributed by atoms with E-state index in [-0.39, 0.29) is 11.9 Å². The second-order valence-corrected chi connectivity index (χ2v) is 4.53. The molecule has 0 radical (unpaired) electrons. The predicted octanol–water partition coefficient (Wildman–Crippen LogP) is 3.31. The molecule has 0 saturated carbocycles. The average Bonchev–Trinajstić information content (AvgIpc) is 2.24. The van der Waals surface area contributed by atoms with E-state index in [0.717, 1.165) is 24.9 Å². The van der Waals surface area contributed by atoms with Gasteiger partial charge in [-0.05, 0) is 31.4 Å². The minimum Gasteiger partial charge on any atom is -0.310 e. The SMILES string of the molecule is CCCNC(CC(C)C)c1ccncc1F. The van der Waals surface area contributed by atoms with Crippen molar-refractivity contribution >= 4 is 0 Å². The van der Waals surface area contributed by atoms with Crippen molar-refractivity contribution in [3.05, 3.63) is 29.8 Å². The maximum Gasteiger partial charge on any atom is 0.146 e. The second-order valence-electron chi connectivity index (χ2n) is 4.53. The molecule has 1 heterocycles. The van der Waals surface area contributed by atoms with Crippen molar-refractivity contribution in [2.45, 2.75) is 39.7 Å². The molecule has 0 fully saturated rings. The van der Waals surface area contributed by atoms with E-state index < -0.39 is 0 Å². The van der Waals surface area contributed by atoms with Crippen molar-refractivity contribution in [3.8, 4) is 0 Å². The van der Waals surface area contributed by atoms with Crippen LogP contribution in [0.1, 0.15) is 45.2 Å². The highest BCUT2D eigenvalue weighted by Gasteiger charge is 2.16. The first kappa shape index (κ1) is 13.1. The molecule has 1 unspecified atom stereocenters. The van der Waals surface area contributed by atoms with Gasteiger partial charge in [0, 0.05) is 17.8 Å². The van der Waals surface area contributed by atoms with Gasteiger partial charge in [-0.2, -0.15) is 0 Å². The summed E-state index contributed by atoms with van der Waals surface area (Å²) in [5.41, 5.74) is 0.733. The Balaban J connectivity index is 2.78. The molecule has 1 atom stereocenters. The molecular weight excluding hydrogens is 203 g/mol. The summed E-state index contributed by atoms with van der Waals surface area (Å²) in [5.74, 6) is 0.332. The van der Waals surface area contributed by atoms with Gasteiger partial charge in [0.1, 0.15) is 5.82 Å². The van der Waals surface area contributed by atoms with Gasteiger partial charge in [0.25, 0.3) is 0 Å². The highest BCUT2D eigenvalue weighted by atomic mass is 19.1. The molecule has 2 nitrogen and oxygen atoms in total. The molecule has 90 valence electrons. The number of hydrogen-bond donors (Lipinski definition) is 1. The topological polar surface area (TPSA) is 24.9 Å². The minimum absolute atomic E-state index is 0.1000. The zero-order valence-corrected chi connectivity index (χ0v) is 10.3. The molecule has 0 saturated heterocycles. The van der Waals surface area contributed by atoms with Crippen LogP contribution in [0.3, 0.4) is 0 Å². The van der Waals surface area contributed by atoms with Crippen LogP contribution in [0, 0.1) is 11.7 Å². The van der Waals surface area contributed by atoms with Crippen LogP contribution in [-0.4, -0.2) is 11.5 Å². The summed E-state index contributed by atoms with van der Waals surface area (Å²) in [6.07, 6.45) is 4.94. The molecule has 3 heteroatoms. The molecule has 1 aromatic rings. The number of halogens is 1. The summed E-state index contributed by atoms with van der Waals surface area (Å²) in [6.45, 7) is 7.33. The third-order valence-corrected chi connectivity index (χ3v) is 2.53. The maximum atomic E-state index is 13.6. The third-order valence-electron chi connectivity index (χ3n) is 2.53. The third kappa shape index (κ3) is 3.89. The maximum absolute atomic E-state index is 13.6. The van der Waals surface area contributed by atoms with Gasteiger partial charge in [-0.15, -0.1) is 0 Å². The second kappa shape index (κ2) is 6.59. The Kier molecular flexibility index (Phi) is 5.39. The summed E-state index contributed by atoms with van der Waals surface area (Å²) in [5, 5.41) is 3.39. The van der Waals surface area contributed by atoms with E-state index in [1.807, 2.05) is 0 Å². The molecule has 0 amide bonds. The van der Waals surface area contributed by atoms with Crippen LogP contribution in [0.4, 0.5) is 4.39 Å². The van der Waals surface area contributed by atoms with Crippen LogP contribution in [0.2, 0.25) is 0 Å². The molecule has 0 aliphatic carbocycles. The number of hydrogen-bond acceptors (Lipinski definition) is 2. The van der Waals surface area contributed by atoms with Gasteiger partial charge in [-0.25, -0.2) is 4.39 Å². The van der Waals surface area contributed by atoms with Gasteiger partial charge < -0.3 is 5.32 Å². The van der Waals surface area contributed by atoms with Crippen molar-refractivity contribution < 1.29 is 4.39 Å². The Morgan fingerprint density at radius 3 is 2.75 bits per heavy atom. The molecule has 0 aliphatic rings. The smallest absolute Gasteiger partial charge is 0.146 e. The minimum atomic E-state index is -0.211. The number of rotatable bonds is 6. The van der Waals surface area contributed by atoms with Crippen LogP contribution in [0.25, 0.3) is 0 Å². The van der Waals surface area contributed by atoms with Crippen LogP contribution < -0.4 is 5.32 Å². The number of pyridine rings is 1. The number of aromatic nitrogens is 1. The molecule has 16 heavy (non-hydrogen) atoms. The lowest BCUT2D eigenvalue weighted by atomic mass is 9.97. The Hall–Kier alpha value is -0.960. The summed E-state index contributed by atoms with van der Waals surface area (Å²) in [4.78, 5) is 3.78. The van der Waals surface area contributed by atoms with Crippen LogP contribution in [0.5, 0.6) is 0 Å². The van der Waals surface area contributed by atoms with E-state index in [0.29, 0.717) is 5.92 Å². The Morgan fingerprint density at radius 1 is 1.44 bits per heavy atom. The van der Waals surface area contributed by atoms with Crippen molar-refractivity contribution in [1.82, 2.24) is 10.3 Å². The van der Waals surface area contributed by atoms with Crippen molar-refractivity contribution in [3.63, 3.8) is 0 Å². The van der Waals surface area contributed by atoms with Gasteiger partial charge in [0.2, 0.25) is 0 Å². The van der Waals surface area contributed by atoms with Gasteiger partial charge >= 0.3 is 0 Å². The van der Waals surface area contributed by atoms with Crippen molar-refractivity contribution in [2.24, 2.45) is 5.92 Å². The monoisotopic (exact) mass is 224 g/mol. The molecule has 1 rings (SSSR count). The number of nitrogens with zero attached hydrogens (tertiary/aromatic N) is 1. The van der Waals surface area contributed by atoms with Crippen LogP contribution >= 0.6 is 0 Å². The highest BCUT2D eigenvalue weighted by molar-refractivity contribution is 5.17. The van der Waals surface area contributed by atoms with E-state index >= 15 is 0 Å². The largest absolute Gasteiger partial charge is 0.310 e. The van der Waals surface area contributed by atoms with Crippen molar-refractivity contribution in [2.75, 3.05) is 6.54 Å². The van der Waals surface area contributed by atoms with Gasteiger partial charge in [0.15, 0.2) is 0 Å². The zero-order valence-electron chi connectivity index (χ0n) is 10.3. The van der Waals surface area contributed by atoms with Gasteiger partial charge in [-0.1, -0.05) is 20.8 Å². The van der Waals surface area contributed by atoms with E-state index in [1.165, 1.54) is 6.20 Å². The van der Waals surface area contributed by atoms with E-state index in [1.54, 1.807) is 12.3 Å². The lowest BCUT2D eigenvalue weighted by molar-refractivity contribution is 0.415. The van der Waals surface area contributed by atoms with E-state index in [4.69, 9.17) is 0 Å². The predicted molar refractivity (Wildman–Crippen MR) is 64.7 cm³/mol. The first-order valence-corrected chi connectivity index (χ1v) is 5.98. The summed E-state index contributed by atoms with van der Waals surface area (Å²) in [7, 11) is 0. The summed E-state index contributed by atoms with van der Waals surface area (Å²) in [6, 6.07) is 1.87. The lowest BCUT2D eigenvalue weighted by Crippen LogP contribution is -2.24. The summed E-state index contributed by atoms with van der Waals surface area (Å²) < 4.78 is 13.6. The summed E-state index contributed by atoms with van der Waals surface area (Å²) >= 11 is 0. The van der Waals surface area contributed by atoms with Crippen LogP contribution in [0.15, 0.2) is 18.5 Å². The van der Waals surface area contributed by atoms with E-state index in [2.05, 4.69) is 31.1 Å². The zero-order chi connectivity index (χ0) is 12.0. The fourth-order valence-corrected chi connectivity index (χ4v) is 1.78. The van der Waals surface area contributed by atoms with E-state index in [9.17, 15) is 4.39 Å². The van der Waals surface area contributed by atoms with Crippen molar-refractivity contribution in [1.29, 1.82) is 0 Å². The Labute approximate surface area is 97.3 Å². The molecule has 0 spiro atoms. The average molecular weight is 224 g/mol. The quantitative estimate of drug-likeness (QED) is 0.802. The molecule has 1 N–H and O–H groups in total. The molecule has 0 aliphatic heterocycles.